The fourth-order valence-corrected chi connectivity index (χ4v) is 2.91. The van der Waals surface area contributed by atoms with Gasteiger partial charge in [0.15, 0.2) is 0 Å². The smallest absolute Gasteiger partial charge is 0.0968 e. The molecular formula is C12H22N2S2. The molecule has 16 heavy (non-hydrogen) atoms. The maximum atomic E-state index is 4.42. The molecule has 1 aromatic rings. The lowest BCUT2D eigenvalue weighted by molar-refractivity contribution is 0.609. The van der Waals surface area contributed by atoms with Crippen LogP contribution in [0.1, 0.15) is 36.1 Å². The maximum absolute atomic E-state index is 4.42. The Morgan fingerprint density at radius 1 is 1.56 bits per heavy atom. The van der Waals surface area contributed by atoms with Gasteiger partial charge in [-0.3, -0.25) is 0 Å². The number of rotatable bonds is 8. The number of hydrogen-bond acceptors (Lipinski definition) is 4. The Kier molecular flexibility index (Phi) is 7.08. The first-order chi connectivity index (χ1) is 7.74. The largest absolute Gasteiger partial charge is 0.316 e. The van der Waals surface area contributed by atoms with E-state index in [-0.39, 0.29) is 0 Å². The van der Waals surface area contributed by atoms with Crippen molar-refractivity contribution in [3.05, 3.63) is 16.1 Å². The van der Waals surface area contributed by atoms with Gasteiger partial charge in [0, 0.05) is 23.5 Å². The maximum Gasteiger partial charge on any atom is 0.0968 e. The molecule has 0 radical (unpaired) electrons. The number of nitrogens with one attached hydrogen (secondary N) is 1. The number of nitrogens with zero attached hydrogens (tertiary/aromatic N) is 1. The van der Waals surface area contributed by atoms with Crippen molar-refractivity contribution in [1.29, 1.82) is 0 Å². The molecule has 1 rings (SSSR count). The minimum Gasteiger partial charge on any atom is -0.316 e. The second kappa shape index (κ2) is 8.09. The van der Waals surface area contributed by atoms with Crippen LogP contribution in [0.5, 0.6) is 0 Å². The fourth-order valence-electron chi connectivity index (χ4n) is 1.45. The molecule has 0 bridgehead atoms. The molecule has 0 amide bonds. The third kappa shape index (κ3) is 5.32. The van der Waals surface area contributed by atoms with Crippen molar-refractivity contribution < 1.29 is 0 Å². The first-order valence-electron chi connectivity index (χ1n) is 5.94. The molecule has 1 heterocycles. The molecule has 0 saturated carbocycles. The summed E-state index contributed by atoms with van der Waals surface area (Å²) in [5.74, 6) is 3.04. The number of aryl methyl sites for hydroxylation is 1. The standard InChI is InChI=1S/C12H22N2S2/c1-4-15-7-5-6-13-8-10(2)12-14-9-11(3)16-12/h9-10,13H,4-8H2,1-3H3. The summed E-state index contributed by atoms with van der Waals surface area (Å²) in [6.07, 6.45) is 3.23. The predicted molar refractivity (Wildman–Crippen MR) is 75.8 cm³/mol. The summed E-state index contributed by atoms with van der Waals surface area (Å²) >= 11 is 3.83. The Bertz CT molecular complexity index is 286. The van der Waals surface area contributed by atoms with Crippen molar-refractivity contribution in [1.82, 2.24) is 10.3 Å². The molecule has 0 saturated heterocycles. The Morgan fingerprint density at radius 2 is 2.38 bits per heavy atom. The first kappa shape index (κ1) is 14.0. The van der Waals surface area contributed by atoms with E-state index in [1.54, 1.807) is 0 Å². The highest BCUT2D eigenvalue weighted by atomic mass is 32.2. The topological polar surface area (TPSA) is 24.9 Å². The van der Waals surface area contributed by atoms with E-state index in [2.05, 4.69) is 31.1 Å². The molecule has 2 nitrogen and oxygen atoms in total. The Morgan fingerprint density at radius 3 is 3.00 bits per heavy atom. The normalized spacial score (nSPS) is 12.9. The van der Waals surface area contributed by atoms with Crippen LogP contribution < -0.4 is 5.32 Å². The van der Waals surface area contributed by atoms with E-state index < -0.39 is 0 Å². The number of aromatic nitrogens is 1. The van der Waals surface area contributed by atoms with E-state index in [0.717, 1.165) is 13.1 Å². The minimum absolute atomic E-state index is 0.539. The average Bonchev–Trinajstić information content (AvgIpc) is 2.70. The summed E-state index contributed by atoms with van der Waals surface area (Å²) in [5, 5.41) is 4.76. The van der Waals surface area contributed by atoms with E-state index in [4.69, 9.17) is 0 Å². The van der Waals surface area contributed by atoms with Gasteiger partial charge in [0.25, 0.3) is 0 Å². The van der Waals surface area contributed by atoms with Crippen molar-refractivity contribution in [2.75, 3.05) is 24.6 Å². The van der Waals surface area contributed by atoms with Crippen molar-refractivity contribution in [2.45, 2.75) is 33.1 Å². The van der Waals surface area contributed by atoms with Gasteiger partial charge in [0.05, 0.1) is 5.01 Å². The third-order valence-electron chi connectivity index (χ3n) is 2.36. The van der Waals surface area contributed by atoms with Crippen molar-refractivity contribution in [2.24, 2.45) is 0 Å². The second-order valence-corrected chi connectivity index (χ2v) is 6.62. The zero-order valence-electron chi connectivity index (χ0n) is 10.5. The highest BCUT2D eigenvalue weighted by Crippen LogP contribution is 2.20. The Hall–Kier alpha value is -0.0600. The summed E-state index contributed by atoms with van der Waals surface area (Å²) in [6, 6.07) is 0. The molecule has 92 valence electrons. The summed E-state index contributed by atoms with van der Waals surface area (Å²) in [5.41, 5.74) is 0. The molecule has 1 aromatic heterocycles. The van der Waals surface area contributed by atoms with Crippen LogP contribution in [0.25, 0.3) is 0 Å². The monoisotopic (exact) mass is 258 g/mol. The van der Waals surface area contributed by atoms with Gasteiger partial charge in [-0.1, -0.05) is 13.8 Å². The summed E-state index contributed by atoms with van der Waals surface area (Å²) in [6.45, 7) is 8.74. The Balaban J connectivity index is 2.09. The predicted octanol–water partition coefficient (Wildman–Crippen LogP) is 3.29. The van der Waals surface area contributed by atoms with Gasteiger partial charge in [0.1, 0.15) is 0 Å². The van der Waals surface area contributed by atoms with Gasteiger partial charge in [-0.2, -0.15) is 11.8 Å². The molecule has 1 atom stereocenters. The van der Waals surface area contributed by atoms with Gasteiger partial charge >= 0.3 is 0 Å². The van der Waals surface area contributed by atoms with Gasteiger partial charge < -0.3 is 5.32 Å². The van der Waals surface area contributed by atoms with E-state index in [9.17, 15) is 0 Å². The fraction of sp³-hybridized carbons (Fsp3) is 0.750. The van der Waals surface area contributed by atoms with E-state index in [1.807, 2.05) is 29.3 Å². The molecular weight excluding hydrogens is 236 g/mol. The lowest BCUT2D eigenvalue weighted by Gasteiger charge is -2.09. The van der Waals surface area contributed by atoms with Crippen LogP contribution in [0.15, 0.2) is 6.20 Å². The third-order valence-corrected chi connectivity index (χ3v) is 4.49. The van der Waals surface area contributed by atoms with E-state index >= 15 is 0 Å². The van der Waals surface area contributed by atoms with Crippen molar-refractivity contribution >= 4 is 23.1 Å². The quantitative estimate of drug-likeness (QED) is 0.724. The molecule has 0 aliphatic rings. The zero-order chi connectivity index (χ0) is 11.8. The SMILES string of the molecule is CCSCCCNCC(C)c1ncc(C)s1. The number of hydrogen-bond donors (Lipinski definition) is 1. The first-order valence-corrected chi connectivity index (χ1v) is 7.92. The molecule has 0 aromatic carbocycles. The average molecular weight is 258 g/mol. The summed E-state index contributed by atoms with van der Waals surface area (Å²) in [7, 11) is 0. The van der Waals surface area contributed by atoms with Crippen LogP contribution in [0.4, 0.5) is 0 Å². The minimum atomic E-state index is 0.539. The summed E-state index contributed by atoms with van der Waals surface area (Å²) < 4.78 is 0. The van der Waals surface area contributed by atoms with Gasteiger partial charge in [-0.15, -0.1) is 11.3 Å². The number of thiazole rings is 1. The van der Waals surface area contributed by atoms with Crippen LogP contribution >= 0.6 is 23.1 Å². The van der Waals surface area contributed by atoms with Gasteiger partial charge in [0.2, 0.25) is 0 Å². The Labute approximate surface area is 107 Å². The van der Waals surface area contributed by atoms with Gasteiger partial charge in [-0.25, -0.2) is 4.98 Å². The molecule has 0 spiro atoms. The van der Waals surface area contributed by atoms with E-state index in [0.29, 0.717) is 5.92 Å². The molecule has 4 heteroatoms. The van der Waals surface area contributed by atoms with Crippen LogP contribution in [-0.4, -0.2) is 29.6 Å². The van der Waals surface area contributed by atoms with Crippen LogP contribution in [0.3, 0.4) is 0 Å². The highest BCUT2D eigenvalue weighted by Gasteiger charge is 2.08. The molecule has 0 fully saturated rings. The zero-order valence-corrected chi connectivity index (χ0v) is 12.1. The van der Waals surface area contributed by atoms with Crippen LogP contribution in [-0.2, 0) is 0 Å². The lowest BCUT2D eigenvalue weighted by Crippen LogP contribution is -2.21. The van der Waals surface area contributed by atoms with Crippen LogP contribution in [0, 0.1) is 6.92 Å². The highest BCUT2D eigenvalue weighted by molar-refractivity contribution is 7.99. The number of thioether (sulfide) groups is 1. The molecule has 1 unspecified atom stereocenters. The summed E-state index contributed by atoms with van der Waals surface area (Å²) in [4.78, 5) is 5.73. The lowest BCUT2D eigenvalue weighted by atomic mass is 10.2. The van der Waals surface area contributed by atoms with E-state index in [1.165, 1.54) is 27.8 Å². The van der Waals surface area contributed by atoms with Gasteiger partial charge in [-0.05, 0) is 31.4 Å². The molecule has 1 N–H and O–H groups in total. The van der Waals surface area contributed by atoms with Crippen molar-refractivity contribution in [3.63, 3.8) is 0 Å². The second-order valence-electron chi connectivity index (χ2n) is 3.96. The molecule has 0 aliphatic heterocycles. The molecule has 0 aliphatic carbocycles. The van der Waals surface area contributed by atoms with Crippen molar-refractivity contribution in [3.8, 4) is 0 Å². The van der Waals surface area contributed by atoms with Crippen LogP contribution in [0.2, 0.25) is 0 Å².